The standard InChI is InChI=1S/C19H18FN3O2S/c1-11-16(18(24)22-14-9-5-4-8-13(14)20)17(23-19(26)21-11)12-7-3-6-10-15(12)25-2/h3-10,16-17H,1H2,2H3,(H,22,24)(H2,21,23,26)/t16-,17-/m1/s1. The molecule has 1 heterocycles. The zero-order valence-corrected chi connectivity index (χ0v) is 14.9. The molecule has 3 N–H and O–H groups in total. The van der Waals surface area contributed by atoms with Crippen molar-refractivity contribution in [3.63, 3.8) is 0 Å². The summed E-state index contributed by atoms with van der Waals surface area (Å²) in [4.78, 5) is 12.9. The maximum atomic E-state index is 13.9. The molecule has 1 aliphatic heterocycles. The topological polar surface area (TPSA) is 62.4 Å². The van der Waals surface area contributed by atoms with Crippen LogP contribution in [-0.4, -0.2) is 18.1 Å². The van der Waals surface area contributed by atoms with Crippen LogP contribution in [0.2, 0.25) is 0 Å². The molecule has 0 aliphatic carbocycles. The van der Waals surface area contributed by atoms with Crippen LogP contribution < -0.4 is 20.7 Å². The van der Waals surface area contributed by atoms with E-state index in [-0.39, 0.29) is 5.69 Å². The number of para-hydroxylation sites is 2. The molecule has 0 bridgehead atoms. The summed E-state index contributed by atoms with van der Waals surface area (Å²) in [7, 11) is 1.56. The molecular formula is C19H18FN3O2S. The van der Waals surface area contributed by atoms with Gasteiger partial charge in [0.25, 0.3) is 0 Å². The Morgan fingerprint density at radius 3 is 2.65 bits per heavy atom. The fraction of sp³-hybridized carbons (Fsp3) is 0.158. The van der Waals surface area contributed by atoms with Gasteiger partial charge in [0.15, 0.2) is 5.11 Å². The van der Waals surface area contributed by atoms with Gasteiger partial charge in [0.2, 0.25) is 5.91 Å². The summed E-state index contributed by atoms with van der Waals surface area (Å²) in [6.07, 6.45) is 0. The van der Waals surface area contributed by atoms with Gasteiger partial charge in [-0.3, -0.25) is 4.79 Å². The van der Waals surface area contributed by atoms with Crippen molar-refractivity contribution >= 4 is 28.9 Å². The third kappa shape index (κ3) is 3.52. The van der Waals surface area contributed by atoms with E-state index in [0.717, 1.165) is 5.56 Å². The molecule has 0 spiro atoms. The van der Waals surface area contributed by atoms with Crippen LogP contribution in [-0.2, 0) is 4.79 Å². The SMILES string of the molecule is C=C1NC(=S)N[C@H](c2ccccc2OC)[C@@H]1C(=O)Nc1ccccc1F. The van der Waals surface area contributed by atoms with Crippen molar-refractivity contribution in [3.8, 4) is 5.75 Å². The third-order valence-electron chi connectivity index (χ3n) is 4.16. The van der Waals surface area contributed by atoms with E-state index in [1.807, 2.05) is 18.2 Å². The number of hydrogen-bond acceptors (Lipinski definition) is 3. The number of thiocarbonyl (C=S) groups is 1. The predicted octanol–water partition coefficient (Wildman–Crippen LogP) is 3.12. The Bertz CT molecular complexity index is 871. The van der Waals surface area contributed by atoms with Gasteiger partial charge in [-0.1, -0.05) is 36.9 Å². The minimum absolute atomic E-state index is 0.109. The Kier molecular flexibility index (Phi) is 5.18. The molecule has 1 fully saturated rings. The molecule has 0 radical (unpaired) electrons. The van der Waals surface area contributed by atoms with Crippen LogP contribution in [0.5, 0.6) is 5.75 Å². The van der Waals surface area contributed by atoms with E-state index in [0.29, 0.717) is 16.6 Å². The number of ether oxygens (including phenoxy) is 1. The van der Waals surface area contributed by atoms with Crippen molar-refractivity contribution in [3.05, 3.63) is 72.2 Å². The van der Waals surface area contributed by atoms with Crippen LogP contribution in [0.4, 0.5) is 10.1 Å². The van der Waals surface area contributed by atoms with Gasteiger partial charge < -0.3 is 20.7 Å². The van der Waals surface area contributed by atoms with Crippen molar-refractivity contribution in [2.75, 3.05) is 12.4 Å². The Morgan fingerprint density at radius 2 is 1.92 bits per heavy atom. The zero-order valence-electron chi connectivity index (χ0n) is 14.1. The lowest BCUT2D eigenvalue weighted by atomic mass is 9.87. The Hall–Kier alpha value is -2.93. The van der Waals surface area contributed by atoms with Crippen LogP contribution in [0.25, 0.3) is 0 Å². The van der Waals surface area contributed by atoms with Crippen LogP contribution in [0.3, 0.4) is 0 Å². The summed E-state index contributed by atoms with van der Waals surface area (Å²) in [6, 6.07) is 12.8. The molecule has 0 unspecified atom stereocenters. The molecular weight excluding hydrogens is 353 g/mol. The largest absolute Gasteiger partial charge is 0.496 e. The maximum Gasteiger partial charge on any atom is 0.235 e. The van der Waals surface area contributed by atoms with Crippen LogP contribution in [0, 0.1) is 11.7 Å². The first-order chi connectivity index (χ1) is 12.5. The van der Waals surface area contributed by atoms with Crippen molar-refractivity contribution in [1.29, 1.82) is 0 Å². The highest BCUT2D eigenvalue weighted by Crippen LogP contribution is 2.35. The molecule has 7 heteroatoms. The summed E-state index contributed by atoms with van der Waals surface area (Å²) in [6.45, 7) is 3.93. The molecule has 1 aliphatic rings. The number of hydrogen-bond donors (Lipinski definition) is 3. The van der Waals surface area contributed by atoms with E-state index < -0.39 is 23.7 Å². The average molecular weight is 371 g/mol. The number of anilines is 1. The molecule has 1 saturated heterocycles. The van der Waals surface area contributed by atoms with Gasteiger partial charge in [-0.25, -0.2) is 4.39 Å². The van der Waals surface area contributed by atoms with Gasteiger partial charge in [-0.2, -0.15) is 0 Å². The Labute approximate surface area is 156 Å². The van der Waals surface area contributed by atoms with E-state index in [1.165, 1.54) is 12.1 Å². The van der Waals surface area contributed by atoms with E-state index in [1.54, 1.807) is 25.3 Å². The van der Waals surface area contributed by atoms with Crippen molar-refractivity contribution < 1.29 is 13.9 Å². The highest BCUT2D eigenvalue weighted by molar-refractivity contribution is 7.80. The van der Waals surface area contributed by atoms with E-state index in [2.05, 4.69) is 22.5 Å². The Morgan fingerprint density at radius 1 is 1.23 bits per heavy atom. The number of benzene rings is 2. The third-order valence-corrected chi connectivity index (χ3v) is 4.38. The van der Waals surface area contributed by atoms with E-state index in [4.69, 9.17) is 17.0 Å². The van der Waals surface area contributed by atoms with Gasteiger partial charge in [0.05, 0.1) is 18.8 Å². The second-order valence-electron chi connectivity index (χ2n) is 5.79. The minimum atomic E-state index is -0.724. The quantitative estimate of drug-likeness (QED) is 0.721. The lowest BCUT2D eigenvalue weighted by Crippen LogP contribution is -2.51. The lowest BCUT2D eigenvalue weighted by Gasteiger charge is -2.36. The summed E-state index contributed by atoms with van der Waals surface area (Å²) < 4.78 is 19.3. The first kappa shape index (κ1) is 17.9. The minimum Gasteiger partial charge on any atom is -0.496 e. The Balaban J connectivity index is 1.95. The van der Waals surface area contributed by atoms with Crippen LogP contribution in [0.15, 0.2) is 60.8 Å². The van der Waals surface area contributed by atoms with E-state index >= 15 is 0 Å². The number of carbonyl (C=O) groups excluding carboxylic acids is 1. The molecule has 5 nitrogen and oxygen atoms in total. The fourth-order valence-electron chi connectivity index (χ4n) is 2.95. The van der Waals surface area contributed by atoms with Crippen LogP contribution >= 0.6 is 12.2 Å². The van der Waals surface area contributed by atoms with Crippen molar-refractivity contribution in [1.82, 2.24) is 10.6 Å². The first-order valence-corrected chi connectivity index (χ1v) is 8.36. The predicted molar refractivity (Wildman–Crippen MR) is 102 cm³/mol. The van der Waals surface area contributed by atoms with Gasteiger partial charge in [0.1, 0.15) is 17.5 Å². The second kappa shape index (κ2) is 7.53. The molecule has 2 aromatic carbocycles. The molecule has 0 aromatic heterocycles. The normalized spacial score (nSPS) is 19.3. The van der Waals surface area contributed by atoms with Gasteiger partial charge in [-0.05, 0) is 30.4 Å². The molecule has 3 rings (SSSR count). The molecule has 0 saturated carbocycles. The second-order valence-corrected chi connectivity index (χ2v) is 6.20. The molecule has 2 atom stereocenters. The molecule has 26 heavy (non-hydrogen) atoms. The van der Waals surface area contributed by atoms with Gasteiger partial charge >= 0.3 is 0 Å². The average Bonchev–Trinajstić information content (AvgIpc) is 2.62. The van der Waals surface area contributed by atoms with Crippen molar-refractivity contribution in [2.24, 2.45) is 5.92 Å². The zero-order chi connectivity index (χ0) is 18.7. The van der Waals surface area contributed by atoms with Crippen molar-refractivity contribution in [2.45, 2.75) is 6.04 Å². The van der Waals surface area contributed by atoms with Crippen LogP contribution in [0.1, 0.15) is 11.6 Å². The fourth-order valence-corrected chi connectivity index (χ4v) is 3.21. The summed E-state index contributed by atoms with van der Waals surface area (Å²) >= 11 is 5.21. The number of halogens is 1. The summed E-state index contributed by atoms with van der Waals surface area (Å²) in [5.41, 5.74) is 1.30. The monoisotopic (exact) mass is 371 g/mol. The number of carbonyl (C=O) groups is 1. The summed E-state index contributed by atoms with van der Waals surface area (Å²) in [5.74, 6) is -1.02. The highest BCUT2D eigenvalue weighted by Gasteiger charge is 2.38. The van der Waals surface area contributed by atoms with Gasteiger partial charge in [0, 0.05) is 11.3 Å². The smallest absolute Gasteiger partial charge is 0.235 e. The number of methoxy groups -OCH3 is 1. The maximum absolute atomic E-state index is 13.9. The lowest BCUT2D eigenvalue weighted by molar-refractivity contribution is -0.119. The van der Waals surface area contributed by atoms with Gasteiger partial charge in [-0.15, -0.1) is 0 Å². The number of nitrogens with one attached hydrogen (secondary N) is 3. The molecule has 2 aromatic rings. The first-order valence-electron chi connectivity index (χ1n) is 7.96. The number of rotatable bonds is 4. The molecule has 1 amide bonds. The number of amides is 1. The highest BCUT2D eigenvalue weighted by atomic mass is 32.1. The molecule has 134 valence electrons. The summed E-state index contributed by atoms with van der Waals surface area (Å²) in [5, 5.41) is 8.96. The van der Waals surface area contributed by atoms with E-state index in [9.17, 15) is 9.18 Å².